The molecule has 4 nitrogen and oxygen atoms in total. The van der Waals surface area contributed by atoms with E-state index in [4.69, 9.17) is 34.8 Å². The van der Waals surface area contributed by atoms with Gasteiger partial charge in [-0.25, -0.2) is 13.1 Å². The maximum absolute atomic E-state index is 12.9. The third-order valence-corrected chi connectivity index (χ3v) is 8.38. The number of rotatable bonds is 9. The minimum Gasteiger partial charge on any atom is -0.333 e. The molecule has 8 heteroatoms. The Hall–Kier alpha value is -2.80. The number of benzene rings is 4. The van der Waals surface area contributed by atoms with Gasteiger partial charge in [-0.3, -0.25) is 0 Å². The second kappa shape index (κ2) is 11.5. The molecule has 1 aromatic heterocycles. The van der Waals surface area contributed by atoms with Crippen LogP contribution in [0.15, 0.2) is 103 Å². The molecule has 0 bridgehead atoms. The molecule has 0 aliphatic rings. The van der Waals surface area contributed by atoms with Crippen molar-refractivity contribution in [2.24, 2.45) is 0 Å². The van der Waals surface area contributed by atoms with Crippen LogP contribution in [0.4, 0.5) is 0 Å². The van der Waals surface area contributed by atoms with Crippen LogP contribution in [-0.4, -0.2) is 19.5 Å². The van der Waals surface area contributed by atoms with E-state index in [0.717, 1.165) is 27.7 Å². The smallest absolute Gasteiger partial charge is 0.215 e. The summed E-state index contributed by atoms with van der Waals surface area (Å²) in [7, 11) is -3.61. The second-order valence-corrected chi connectivity index (χ2v) is 12.2. The van der Waals surface area contributed by atoms with E-state index in [1.165, 1.54) is 0 Å². The minimum atomic E-state index is -3.61. The van der Waals surface area contributed by atoms with Crippen LogP contribution < -0.4 is 4.72 Å². The molecule has 194 valence electrons. The first-order valence-electron chi connectivity index (χ1n) is 12.1. The van der Waals surface area contributed by atoms with Crippen LogP contribution in [0.3, 0.4) is 0 Å². The fourth-order valence-electron chi connectivity index (χ4n) is 4.81. The van der Waals surface area contributed by atoms with Gasteiger partial charge in [-0.2, -0.15) is 0 Å². The number of nitrogens with zero attached hydrogens (tertiary/aromatic N) is 1. The summed E-state index contributed by atoms with van der Waals surface area (Å²) in [5, 5.41) is 2.49. The monoisotopic (exact) mass is 582 g/mol. The quantitative estimate of drug-likeness (QED) is 0.192. The van der Waals surface area contributed by atoms with E-state index in [9.17, 15) is 8.42 Å². The summed E-state index contributed by atoms with van der Waals surface area (Å²) in [5.74, 6) is -0.206. The van der Waals surface area contributed by atoms with E-state index in [0.29, 0.717) is 27.1 Å². The van der Waals surface area contributed by atoms with Crippen molar-refractivity contribution in [3.05, 3.63) is 141 Å². The Morgan fingerprint density at radius 2 is 1.32 bits per heavy atom. The SMILES string of the molecule is O=S(=O)(Cc1cc(Cl)cc(Cl)c1)NCCc1cc2ccc(Cl)cc2n1C(c1ccccc1)c1ccccc1. The highest BCUT2D eigenvalue weighted by atomic mass is 35.5. The Morgan fingerprint density at radius 3 is 1.92 bits per heavy atom. The van der Waals surface area contributed by atoms with E-state index < -0.39 is 10.0 Å². The van der Waals surface area contributed by atoms with E-state index in [-0.39, 0.29) is 18.3 Å². The van der Waals surface area contributed by atoms with Gasteiger partial charge < -0.3 is 4.57 Å². The Labute approximate surface area is 237 Å². The molecule has 5 rings (SSSR count). The Kier molecular flexibility index (Phi) is 8.12. The van der Waals surface area contributed by atoms with Crippen LogP contribution in [0.2, 0.25) is 15.1 Å². The van der Waals surface area contributed by atoms with Crippen molar-refractivity contribution < 1.29 is 8.42 Å². The molecule has 0 amide bonds. The summed E-state index contributed by atoms with van der Waals surface area (Å²) in [4.78, 5) is 0. The predicted octanol–water partition coefficient (Wildman–Crippen LogP) is 7.90. The Balaban J connectivity index is 1.49. The molecule has 5 aromatic rings. The van der Waals surface area contributed by atoms with Crippen molar-refractivity contribution in [3.8, 4) is 0 Å². The van der Waals surface area contributed by atoms with Crippen LogP contribution in [0, 0.1) is 0 Å². The van der Waals surface area contributed by atoms with Crippen molar-refractivity contribution in [1.82, 2.24) is 9.29 Å². The van der Waals surface area contributed by atoms with E-state index in [2.05, 4.69) is 39.6 Å². The lowest BCUT2D eigenvalue weighted by atomic mass is 9.98. The summed E-state index contributed by atoms with van der Waals surface area (Å²) < 4.78 is 30.7. The van der Waals surface area contributed by atoms with E-state index >= 15 is 0 Å². The Morgan fingerprint density at radius 1 is 0.711 bits per heavy atom. The zero-order valence-electron chi connectivity index (χ0n) is 20.3. The average Bonchev–Trinajstić information content (AvgIpc) is 3.21. The van der Waals surface area contributed by atoms with E-state index in [1.54, 1.807) is 18.2 Å². The normalized spacial score (nSPS) is 11.9. The summed E-state index contributed by atoms with van der Waals surface area (Å²) in [6, 6.07) is 33.2. The largest absolute Gasteiger partial charge is 0.333 e. The first kappa shape index (κ1) is 26.8. The highest BCUT2D eigenvalue weighted by molar-refractivity contribution is 7.88. The molecule has 1 N–H and O–H groups in total. The molecule has 4 aromatic carbocycles. The molecule has 0 aliphatic carbocycles. The molecule has 0 radical (unpaired) electrons. The fourth-order valence-corrected chi connectivity index (χ4v) is 6.67. The van der Waals surface area contributed by atoms with Gasteiger partial charge in [0.15, 0.2) is 0 Å². The van der Waals surface area contributed by atoms with Crippen LogP contribution in [-0.2, 0) is 22.2 Å². The molecule has 1 heterocycles. The highest BCUT2D eigenvalue weighted by Crippen LogP contribution is 2.34. The molecule has 0 atom stereocenters. The Bertz CT molecular complexity index is 1610. The topological polar surface area (TPSA) is 51.1 Å². The second-order valence-electron chi connectivity index (χ2n) is 9.11. The molecular formula is C30H25Cl3N2O2S. The first-order valence-corrected chi connectivity index (χ1v) is 14.9. The van der Waals surface area contributed by atoms with Crippen molar-refractivity contribution in [2.45, 2.75) is 18.2 Å². The number of fused-ring (bicyclic) bond motifs is 1. The number of sulfonamides is 1. The van der Waals surface area contributed by atoms with Crippen molar-refractivity contribution in [2.75, 3.05) is 6.54 Å². The van der Waals surface area contributed by atoms with Crippen molar-refractivity contribution in [1.29, 1.82) is 0 Å². The number of halogens is 3. The summed E-state index contributed by atoms with van der Waals surface area (Å²) in [5.41, 5.74) is 4.76. The number of hydrogen-bond acceptors (Lipinski definition) is 2. The van der Waals surface area contributed by atoms with Crippen LogP contribution in [0.25, 0.3) is 10.9 Å². The molecule has 0 unspecified atom stereocenters. The summed E-state index contributed by atoms with van der Waals surface area (Å²) >= 11 is 18.5. The molecule has 0 fully saturated rings. The van der Waals surface area contributed by atoms with Gasteiger partial charge in [0.25, 0.3) is 0 Å². The third-order valence-electron chi connectivity index (χ3n) is 6.35. The lowest BCUT2D eigenvalue weighted by molar-refractivity contribution is 0.578. The average molecular weight is 584 g/mol. The van der Waals surface area contributed by atoms with Crippen LogP contribution >= 0.6 is 34.8 Å². The molecule has 0 saturated carbocycles. The molecular weight excluding hydrogens is 559 g/mol. The van der Waals surface area contributed by atoms with Gasteiger partial charge in [0.2, 0.25) is 10.0 Å². The van der Waals surface area contributed by atoms with Crippen molar-refractivity contribution >= 4 is 55.7 Å². The van der Waals surface area contributed by atoms with Gasteiger partial charge in [-0.05, 0) is 58.5 Å². The zero-order valence-corrected chi connectivity index (χ0v) is 23.4. The zero-order chi connectivity index (χ0) is 26.7. The third kappa shape index (κ3) is 6.25. The summed E-state index contributed by atoms with van der Waals surface area (Å²) in [6.45, 7) is 0.233. The van der Waals surface area contributed by atoms with E-state index in [1.807, 2.05) is 54.6 Å². The maximum atomic E-state index is 12.9. The number of nitrogens with one attached hydrogen (secondary N) is 1. The lowest BCUT2D eigenvalue weighted by Crippen LogP contribution is -2.28. The molecule has 38 heavy (non-hydrogen) atoms. The van der Waals surface area contributed by atoms with Gasteiger partial charge >= 0.3 is 0 Å². The van der Waals surface area contributed by atoms with Crippen LogP contribution in [0.1, 0.15) is 28.4 Å². The van der Waals surface area contributed by atoms with Gasteiger partial charge in [0.1, 0.15) is 0 Å². The molecule has 0 saturated heterocycles. The predicted molar refractivity (Wildman–Crippen MR) is 158 cm³/mol. The lowest BCUT2D eigenvalue weighted by Gasteiger charge is -2.24. The highest BCUT2D eigenvalue weighted by Gasteiger charge is 2.22. The molecule has 0 aliphatic heterocycles. The van der Waals surface area contributed by atoms with Gasteiger partial charge in [0, 0.05) is 33.7 Å². The van der Waals surface area contributed by atoms with Gasteiger partial charge in [0.05, 0.1) is 17.3 Å². The van der Waals surface area contributed by atoms with Gasteiger partial charge in [-0.15, -0.1) is 0 Å². The van der Waals surface area contributed by atoms with Gasteiger partial charge in [-0.1, -0.05) is 102 Å². The van der Waals surface area contributed by atoms with Crippen LogP contribution in [0.5, 0.6) is 0 Å². The minimum absolute atomic E-state index is 0.117. The number of hydrogen-bond donors (Lipinski definition) is 1. The fraction of sp³-hybridized carbons (Fsp3) is 0.133. The first-order chi connectivity index (χ1) is 18.3. The number of aromatic nitrogens is 1. The standard InChI is InChI=1S/C30H25Cl3N2O2S/c31-25-12-11-24-17-28(13-14-34-38(36,37)20-21-15-26(32)18-27(33)16-21)35(29(24)19-25)30(22-7-3-1-4-8-22)23-9-5-2-6-10-23/h1-12,15-19,30,34H,13-14,20H2. The molecule has 0 spiro atoms. The summed E-state index contributed by atoms with van der Waals surface area (Å²) in [6.07, 6.45) is 0.484. The maximum Gasteiger partial charge on any atom is 0.215 e. The van der Waals surface area contributed by atoms with Crippen molar-refractivity contribution in [3.63, 3.8) is 0 Å².